The number of nitrogens with zero attached hydrogens (tertiary/aromatic N) is 4. The van der Waals surface area contributed by atoms with E-state index >= 15 is 0 Å². The highest BCUT2D eigenvalue weighted by Crippen LogP contribution is 2.29. The van der Waals surface area contributed by atoms with E-state index < -0.39 is 0 Å². The van der Waals surface area contributed by atoms with Gasteiger partial charge in [-0.15, -0.1) is 0 Å². The Bertz CT molecular complexity index is 530. The van der Waals surface area contributed by atoms with Crippen LogP contribution in [-0.2, 0) is 6.42 Å². The number of hydrogen-bond acceptors (Lipinski definition) is 6. The maximum Gasteiger partial charge on any atom is 0.176 e. The topological polar surface area (TPSA) is 62.5 Å². The highest BCUT2D eigenvalue weighted by Gasteiger charge is 2.08. The standard InChI is InChI=1S/C10H8N4S2/c1-2-8-13-10(16-14-8)15-9-7(6-11)4-3-5-12-9/h3-5H,2H2,1H3. The molecule has 0 aliphatic heterocycles. The summed E-state index contributed by atoms with van der Waals surface area (Å²) in [6, 6.07) is 5.61. The molecule has 0 saturated heterocycles. The van der Waals surface area contributed by atoms with Crippen molar-refractivity contribution < 1.29 is 0 Å². The Balaban J connectivity index is 2.24. The third kappa shape index (κ3) is 2.38. The van der Waals surface area contributed by atoms with Crippen LogP contribution in [0.5, 0.6) is 0 Å². The van der Waals surface area contributed by atoms with Gasteiger partial charge >= 0.3 is 0 Å². The molecule has 0 spiro atoms. The molecule has 0 aliphatic carbocycles. The van der Waals surface area contributed by atoms with Gasteiger partial charge in [-0.3, -0.25) is 0 Å². The van der Waals surface area contributed by atoms with Crippen LogP contribution in [0.1, 0.15) is 18.3 Å². The molecular formula is C10H8N4S2. The summed E-state index contributed by atoms with van der Waals surface area (Å²) in [5.41, 5.74) is 0.570. The van der Waals surface area contributed by atoms with E-state index in [2.05, 4.69) is 20.4 Å². The Morgan fingerprint density at radius 3 is 3.12 bits per heavy atom. The predicted molar refractivity (Wildman–Crippen MR) is 62.4 cm³/mol. The van der Waals surface area contributed by atoms with Crippen LogP contribution in [0.4, 0.5) is 0 Å². The van der Waals surface area contributed by atoms with Gasteiger partial charge in [-0.2, -0.15) is 9.64 Å². The summed E-state index contributed by atoms with van der Waals surface area (Å²) in [5, 5.41) is 9.60. The van der Waals surface area contributed by atoms with Gasteiger partial charge in [-0.1, -0.05) is 6.92 Å². The second-order valence-corrected chi connectivity index (χ2v) is 4.89. The molecule has 80 valence electrons. The van der Waals surface area contributed by atoms with Crippen LogP contribution in [0.3, 0.4) is 0 Å². The van der Waals surface area contributed by atoms with Crippen LogP contribution in [0.2, 0.25) is 0 Å². The van der Waals surface area contributed by atoms with E-state index in [-0.39, 0.29) is 0 Å². The minimum Gasteiger partial charge on any atom is -0.248 e. The van der Waals surface area contributed by atoms with Crippen molar-refractivity contribution in [1.29, 1.82) is 5.26 Å². The van der Waals surface area contributed by atoms with E-state index in [1.165, 1.54) is 23.3 Å². The van der Waals surface area contributed by atoms with Crippen molar-refractivity contribution in [2.45, 2.75) is 22.7 Å². The first-order valence-corrected chi connectivity index (χ1v) is 6.28. The largest absolute Gasteiger partial charge is 0.248 e. The zero-order chi connectivity index (χ0) is 11.4. The van der Waals surface area contributed by atoms with Crippen LogP contribution >= 0.6 is 23.3 Å². The first kappa shape index (κ1) is 11.0. The van der Waals surface area contributed by atoms with Crippen molar-refractivity contribution in [3.63, 3.8) is 0 Å². The summed E-state index contributed by atoms with van der Waals surface area (Å²) in [6.07, 6.45) is 2.50. The molecule has 0 aromatic carbocycles. The molecule has 0 fully saturated rings. The lowest BCUT2D eigenvalue weighted by Crippen LogP contribution is -1.85. The molecule has 0 saturated carbocycles. The smallest absolute Gasteiger partial charge is 0.176 e. The Hall–Kier alpha value is -1.45. The average Bonchev–Trinajstić information content (AvgIpc) is 2.77. The molecule has 6 heteroatoms. The number of aromatic nitrogens is 3. The molecule has 2 aromatic heterocycles. The maximum absolute atomic E-state index is 8.91. The van der Waals surface area contributed by atoms with Gasteiger partial charge in [0.05, 0.1) is 5.56 Å². The fourth-order valence-electron chi connectivity index (χ4n) is 1.06. The number of rotatable bonds is 3. The molecule has 0 bridgehead atoms. The van der Waals surface area contributed by atoms with E-state index in [1.54, 1.807) is 18.3 Å². The molecule has 0 amide bonds. The van der Waals surface area contributed by atoms with Crippen molar-refractivity contribution in [3.8, 4) is 6.07 Å². The zero-order valence-electron chi connectivity index (χ0n) is 8.54. The van der Waals surface area contributed by atoms with Gasteiger partial charge in [0.2, 0.25) is 0 Å². The number of pyridine rings is 1. The van der Waals surface area contributed by atoms with E-state index in [1.807, 2.05) is 6.92 Å². The third-order valence-corrected chi connectivity index (χ3v) is 3.65. The van der Waals surface area contributed by atoms with Crippen LogP contribution in [0.25, 0.3) is 0 Å². The molecular weight excluding hydrogens is 240 g/mol. The van der Waals surface area contributed by atoms with Crippen molar-refractivity contribution in [3.05, 3.63) is 29.7 Å². The minimum absolute atomic E-state index is 0.570. The molecule has 2 aromatic rings. The molecule has 2 rings (SSSR count). The van der Waals surface area contributed by atoms with Crippen LogP contribution < -0.4 is 0 Å². The van der Waals surface area contributed by atoms with E-state index in [0.717, 1.165) is 16.6 Å². The summed E-state index contributed by atoms with van der Waals surface area (Å²) in [6.45, 7) is 2.01. The predicted octanol–water partition coefficient (Wildman–Crippen LogP) is 2.52. The Morgan fingerprint density at radius 1 is 1.56 bits per heavy atom. The number of hydrogen-bond donors (Lipinski definition) is 0. The lowest BCUT2D eigenvalue weighted by atomic mass is 10.3. The maximum atomic E-state index is 8.91. The van der Waals surface area contributed by atoms with Gasteiger partial charge in [0.15, 0.2) is 4.34 Å². The first-order valence-electron chi connectivity index (χ1n) is 4.69. The van der Waals surface area contributed by atoms with Crippen molar-refractivity contribution >= 4 is 23.3 Å². The van der Waals surface area contributed by atoms with Gasteiger partial charge < -0.3 is 0 Å². The monoisotopic (exact) mass is 248 g/mol. The lowest BCUT2D eigenvalue weighted by Gasteiger charge is -1.97. The van der Waals surface area contributed by atoms with Gasteiger partial charge in [-0.25, -0.2) is 9.97 Å². The molecule has 0 atom stereocenters. The highest BCUT2D eigenvalue weighted by molar-refractivity contribution is 8.00. The Labute approximate surface area is 102 Å². The molecule has 0 aliphatic rings. The van der Waals surface area contributed by atoms with Crippen molar-refractivity contribution in [2.24, 2.45) is 0 Å². The van der Waals surface area contributed by atoms with Crippen LogP contribution in [0, 0.1) is 11.3 Å². The molecule has 0 unspecified atom stereocenters. The quantitative estimate of drug-likeness (QED) is 0.835. The molecule has 2 heterocycles. The highest BCUT2D eigenvalue weighted by atomic mass is 32.2. The second-order valence-electron chi connectivity index (χ2n) is 2.90. The average molecular weight is 248 g/mol. The van der Waals surface area contributed by atoms with Crippen LogP contribution in [0.15, 0.2) is 27.7 Å². The Morgan fingerprint density at radius 2 is 2.44 bits per heavy atom. The summed E-state index contributed by atoms with van der Waals surface area (Å²) < 4.78 is 5.01. The van der Waals surface area contributed by atoms with E-state index in [0.29, 0.717) is 10.6 Å². The molecule has 0 radical (unpaired) electrons. The van der Waals surface area contributed by atoms with Crippen molar-refractivity contribution in [1.82, 2.24) is 14.3 Å². The van der Waals surface area contributed by atoms with Gasteiger partial charge in [-0.05, 0) is 35.4 Å². The van der Waals surface area contributed by atoms with Crippen molar-refractivity contribution in [2.75, 3.05) is 0 Å². The number of aryl methyl sites for hydroxylation is 1. The first-order chi connectivity index (χ1) is 7.83. The molecule has 0 N–H and O–H groups in total. The fraction of sp³-hybridized carbons (Fsp3) is 0.200. The normalized spacial score (nSPS) is 10.0. The van der Waals surface area contributed by atoms with E-state index in [9.17, 15) is 0 Å². The van der Waals surface area contributed by atoms with Gasteiger partial charge in [0, 0.05) is 12.6 Å². The fourth-order valence-corrected chi connectivity index (χ4v) is 2.71. The Kier molecular flexibility index (Phi) is 3.49. The summed E-state index contributed by atoms with van der Waals surface area (Å²) >= 11 is 2.73. The van der Waals surface area contributed by atoms with E-state index in [4.69, 9.17) is 5.26 Å². The minimum atomic E-state index is 0.570. The summed E-state index contributed by atoms with van der Waals surface area (Å²) in [5.74, 6) is 0.835. The molecule has 16 heavy (non-hydrogen) atoms. The number of nitriles is 1. The third-order valence-electron chi connectivity index (χ3n) is 1.84. The summed E-state index contributed by atoms with van der Waals surface area (Å²) in [4.78, 5) is 8.48. The van der Waals surface area contributed by atoms with Gasteiger partial charge in [0.25, 0.3) is 0 Å². The lowest BCUT2D eigenvalue weighted by molar-refractivity contribution is 0.970. The second kappa shape index (κ2) is 5.05. The zero-order valence-corrected chi connectivity index (χ0v) is 10.2. The van der Waals surface area contributed by atoms with Gasteiger partial charge in [0.1, 0.15) is 16.9 Å². The van der Waals surface area contributed by atoms with Crippen LogP contribution in [-0.4, -0.2) is 14.3 Å². The SMILES string of the molecule is CCc1nsc(Sc2ncccc2C#N)n1. The summed E-state index contributed by atoms with van der Waals surface area (Å²) in [7, 11) is 0. The molecule has 4 nitrogen and oxygen atoms in total.